The monoisotopic (exact) mass is 353 g/mol. The average Bonchev–Trinajstić information content (AvgIpc) is 2.60. The Morgan fingerprint density at radius 3 is 2.92 bits per heavy atom. The summed E-state index contributed by atoms with van der Waals surface area (Å²) in [4.78, 5) is 26.1. The number of halogens is 1. The second-order valence-electron chi connectivity index (χ2n) is 6.19. The van der Waals surface area contributed by atoms with Gasteiger partial charge in [-0.2, -0.15) is 0 Å². The first-order valence-corrected chi connectivity index (χ1v) is 8.09. The molecule has 1 aromatic rings. The van der Waals surface area contributed by atoms with Crippen LogP contribution in [0.4, 0.5) is 5.69 Å². The third kappa shape index (κ3) is 3.71. The number of anilines is 1. The van der Waals surface area contributed by atoms with Gasteiger partial charge in [-0.05, 0) is 43.0 Å². The molecule has 2 aliphatic rings. The van der Waals surface area contributed by atoms with Crippen LogP contribution in [0.1, 0.15) is 35.2 Å². The van der Waals surface area contributed by atoms with Gasteiger partial charge in [0.1, 0.15) is 0 Å². The Morgan fingerprint density at radius 2 is 2.21 bits per heavy atom. The van der Waals surface area contributed by atoms with Gasteiger partial charge in [0.15, 0.2) is 0 Å². The van der Waals surface area contributed by atoms with Crippen molar-refractivity contribution in [2.45, 2.75) is 37.8 Å². The third-order valence-electron chi connectivity index (χ3n) is 4.78. The maximum atomic E-state index is 12.9. The minimum Gasteiger partial charge on any atom is -0.381 e. The number of amides is 2. The predicted octanol–water partition coefficient (Wildman–Crippen LogP) is 1.57. The van der Waals surface area contributed by atoms with Gasteiger partial charge in [0.25, 0.3) is 5.91 Å². The molecular weight excluding hydrogens is 330 g/mol. The molecule has 2 aliphatic heterocycles. The molecule has 0 spiro atoms. The van der Waals surface area contributed by atoms with Crippen molar-refractivity contribution in [2.75, 3.05) is 25.5 Å². The number of fused-ring (bicyclic) bond motifs is 1. The first kappa shape index (κ1) is 18.7. The minimum absolute atomic E-state index is 0. The number of benzene rings is 1. The van der Waals surface area contributed by atoms with Gasteiger partial charge in [0.05, 0.1) is 6.10 Å². The van der Waals surface area contributed by atoms with Crippen LogP contribution < -0.4 is 11.1 Å². The van der Waals surface area contributed by atoms with E-state index in [1.54, 1.807) is 13.2 Å². The van der Waals surface area contributed by atoms with Gasteiger partial charge < -0.3 is 20.7 Å². The number of hydrogen-bond donors (Lipinski definition) is 2. The molecule has 0 bridgehead atoms. The number of hydrogen-bond acceptors (Lipinski definition) is 4. The highest BCUT2D eigenvalue weighted by Crippen LogP contribution is 2.26. The molecule has 1 saturated heterocycles. The van der Waals surface area contributed by atoms with Crippen molar-refractivity contribution in [1.29, 1.82) is 0 Å². The van der Waals surface area contributed by atoms with E-state index in [4.69, 9.17) is 10.5 Å². The zero-order valence-corrected chi connectivity index (χ0v) is 14.6. The SMILES string of the molecule is COC1CCN(C(=O)c2ccc3c(c2)CCC(=O)N3)C(CN)C1.Cl. The molecule has 0 saturated carbocycles. The lowest BCUT2D eigenvalue weighted by atomic mass is 9.96. The highest BCUT2D eigenvalue weighted by atomic mass is 35.5. The summed E-state index contributed by atoms with van der Waals surface area (Å²) in [5, 5.41) is 2.84. The Morgan fingerprint density at radius 1 is 1.42 bits per heavy atom. The molecule has 2 unspecified atom stereocenters. The third-order valence-corrected chi connectivity index (χ3v) is 4.78. The van der Waals surface area contributed by atoms with Crippen molar-refractivity contribution in [3.8, 4) is 0 Å². The van der Waals surface area contributed by atoms with Gasteiger partial charge in [-0.3, -0.25) is 9.59 Å². The van der Waals surface area contributed by atoms with Gasteiger partial charge in [0.2, 0.25) is 5.91 Å². The number of carbonyl (C=O) groups is 2. The average molecular weight is 354 g/mol. The predicted molar refractivity (Wildman–Crippen MR) is 94.6 cm³/mol. The summed E-state index contributed by atoms with van der Waals surface area (Å²) < 4.78 is 5.41. The molecule has 6 nitrogen and oxygen atoms in total. The summed E-state index contributed by atoms with van der Waals surface area (Å²) in [5.41, 5.74) is 8.35. The maximum absolute atomic E-state index is 12.9. The number of piperidine rings is 1. The lowest BCUT2D eigenvalue weighted by Crippen LogP contribution is -2.51. The van der Waals surface area contributed by atoms with E-state index < -0.39 is 0 Å². The molecule has 2 heterocycles. The van der Waals surface area contributed by atoms with Crippen LogP contribution in [0.5, 0.6) is 0 Å². The normalized spacial score (nSPS) is 23.1. The van der Waals surface area contributed by atoms with Crippen LogP contribution in [0.2, 0.25) is 0 Å². The molecule has 7 heteroatoms. The quantitative estimate of drug-likeness (QED) is 0.863. The van der Waals surface area contributed by atoms with Gasteiger partial charge in [-0.1, -0.05) is 0 Å². The van der Waals surface area contributed by atoms with Gasteiger partial charge in [0, 0.05) is 43.9 Å². The fourth-order valence-corrected chi connectivity index (χ4v) is 3.40. The zero-order valence-electron chi connectivity index (χ0n) is 13.8. The Hall–Kier alpha value is -1.63. The summed E-state index contributed by atoms with van der Waals surface area (Å²) in [6.07, 6.45) is 2.93. The zero-order chi connectivity index (χ0) is 16.4. The summed E-state index contributed by atoms with van der Waals surface area (Å²) in [6, 6.07) is 5.51. The topological polar surface area (TPSA) is 84.7 Å². The lowest BCUT2D eigenvalue weighted by molar-refractivity contribution is -0.116. The van der Waals surface area contributed by atoms with Crippen molar-refractivity contribution in [3.05, 3.63) is 29.3 Å². The smallest absolute Gasteiger partial charge is 0.254 e. The first-order valence-electron chi connectivity index (χ1n) is 8.09. The number of nitrogens with zero attached hydrogens (tertiary/aromatic N) is 1. The van der Waals surface area contributed by atoms with Crippen LogP contribution in [0.3, 0.4) is 0 Å². The molecule has 2 amide bonds. The number of rotatable bonds is 3. The highest BCUT2D eigenvalue weighted by molar-refractivity contribution is 5.98. The van der Waals surface area contributed by atoms with E-state index in [-0.39, 0.29) is 36.4 Å². The maximum Gasteiger partial charge on any atom is 0.254 e. The summed E-state index contributed by atoms with van der Waals surface area (Å²) >= 11 is 0. The molecule has 0 aliphatic carbocycles. The van der Waals surface area contributed by atoms with Crippen LogP contribution >= 0.6 is 12.4 Å². The second kappa shape index (κ2) is 7.96. The van der Waals surface area contributed by atoms with Gasteiger partial charge in [-0.15, -0.1) is 12.4 Å². The summed E-state index contributed by atoms with van der Waals surface area (Å²) in [7, 11) is 1.70. The van der Waals surface area contributed by atoms with E-state index in [0.717, 1.165) is 24.1 Å². The molecule has 24 heavy (non-hydrogen) atoms. The standard InChI is InChI=1S/C17H23N3O3.ClH/c1-23-14-6-7-20(13(9-14)10-18)17(22)12-2-4-15-11(8-12)3-5-16(21)19-15;/h2,4,8,13-14H,3,5-7,9-10,18H2,1H3,(H,19,21);1H. The highest BCUT2D eigenvalue weighted by Gasteiger charge is 2.31. The van der Waals surface area contributed by atoms with Crippen molar-refractivity contribution in [2.24, 2.45) is 5.73 Å². The Bertz CT molecular complexity index is 623. The molecule has 132 valence electrons. The second-order valence-corrected chi connectivity index (χ2v) is 6.19. The molecule has 3 N–H and O–H groups in total. The van der Waals surface area contributed by atoms with Crippen LogP contribution in [-0.4, -0.2) is 49.1 Å². The van der Waals surface area contributed by atoms with Gasteiger partial charge in [-0.25, -0.2) is 0 Å². The minimum atomic E-state index is 0. The van der Waals surface area contributed by atoms with Gasteiger partial charge >= 0.3 is 0 Å². The van der Waals surface area contributed by atoms with E-state index in [1.165, 1.54) is 0 Å². The molecule has 2 atom stereocenters. The summed E-state index contributed by atoms with van der Waals surface area (Å²) in [6.45, 7) is 1.10. The molecular formula is C17H24ClN3O3. The van der Waals surface area contributed by atoms with Crippen LogP contribution in [0, 0.1) is 0 Å². The number of nitrogens with two attached hydrogens (primary N) is 1. The van der Waals surface area contributed by atoms with E-state index >= 15 is 0 Å². The summed E-state index contributed by atoms with van der Waals surface area (Å²) in [5.74, 6) is 0.0381. The largest absolute Gasteiger partial charge is 0.381 e. The molecule has 1 aromatic carbocycles. The van der Waals surface area contributed by atoms with E-state index in [0.29, 0.717) is 31.5 Å². The number of likely N-dealkylation sites (tertiary alicyclic amines) is 1. The number of nitrogens with one attached hydrogen (secondary N) is 1. The number of carbonyl (C=O) groups excluding carboxylic acids is 2. The number of aryl methyl sites for hydroxylation is 1. The fraction of sp³-hybridized carbons (Fsp3) is 0.529. The van der Waals surface area contributed by atoms with Crippen molar-refractivity contribution >= 4 is 29.9 Å². The van der Waals surface area contributed by atoms with E-state index in [9.17, 15) is 9.59 Å². The van der Waals surface area contributed by atoms with Crippen molar-refractivity contribution < 1.29 is 14.3 Å². The number of methoxy groups -OCH3 is 1. The Kier molecular flexibility index (Phi) is 6.21. The molecule has 0 aromatic heterocycles. The fourth-order valence-electron chi connectivity index (χ4n) is 3.40. The van der Waals surface area contributed by atoms with Crippen LogP contribution in [0.25, 0.3) is 0 Å². The van der Waals surface area contributed by atoms with Crippen molar-refractivity contribution in [1.82, 2.24) is 4.90 Å². The number of ether oxygens (including phenoxy) is 1. The Balaban J connectivity index is 0.00000208. The molecule has 0 radical (unpaired) electrons. The van der Waals surface area contributed by atoms with Crippen LogP contribution in [-0.2, 0) is 16.0 Å². The van der Waals surface area contributed by atoms with E-state index in [1.807, 2.05) is 17.0 Å². The first-order chi connectivity index (χ1) is 11.1. The van der Waals surface area contributed by atoms with Crippen LogP contribution in [0.15, 0.2) is 18.2 Å². The van der Waals surface area contributed by atoms with Crippen molar-refractivity contribution in [3.63, 3.8) is 0 Å². The van der Waals surface area contributed by atoms with E-state index in [2.05, 4.69) is 5.32 Å². The lowest BCUT2D eigenvalue weighted by Gasteiger charge is -2.38. The molecule has 3 rings (SSSR count). The molecule has 1 fully saturated rings. The Labute approximate surface area is 148 Å².